The summed E-state index contributed by atoms with van der Waals surface area (Å²) in [5.74, 6) is 2.94. The average Bonchev–Trinajstić information content (AvgIpc) is 2.73. The third-order valence-electron chi connectivity index (χ3n) is 2.65. The molecule has 0 spiro atoms. The molecule has 1 aromatic rings. The van der Waals surface area contributed by atoms with Gasteiger partial charge in [-0.15, -0.1) is 24.0 Å². The molecule has 2 heterocycles. The second kappa shape index (κ2) is 7.10. The molecule has 5 nitrogen and oxygen atoms in total. The van der Waals surface area contributed by atoms with Gasteiger partial charge in [0.15, 0.2) is 5.96 Å². The molecule has 2 N–H and O–H groups in total. The SMILES string of the molecule is Cn1cncc1CN=C(N)N1CCSCC1.I. The van der Waals surface area contributed by atoms with Crippen LogP contribution >= 0.6 is 35.7 Å². The maximum Gasteiger partial charge on any atom is 0.191 e. The monoisotopic (exact) mass is 367 g/mol. The van der Waals surface area contributed by atoms with Gasteiger partial charge in [-0.2, -0.15) is 11.8 Å². The molecule has 0 bridgehead atoms. The highest BCUT2D eigenvalue weighted by Gasteiger charge is 2.11. The van der Waals surface area contributed by atoms with E-state index < -0.39 is 0 Å². The fourth-order valence-corrected chi connectivity index (χ4v) is 2.49. The molecule has 0 aliphatic carbocycles. The van der Waals surface area contributed by atoms with Crippen molar-refractivity contribution >= 4 is 41.7 Å². The lowest BCUT2D eigenvalue weighted by atomic mass is 10.4. The minimum atomic E-state index is 0. The van der Waals surface area contributed by atoms with Crippen LogP contribution in [-0.2, 0) is 13.6 Å². The van der Waals surface area contributed by atoms with E-state index in [4.69, 9.17) is 5.73 Å². The number of imidazole rings is 1. The summed E-state index contributed by atoms with van der Waals surface area (Å²) in [7, 11) is 1.96. The highest BCUT2D eigenvalue weighted by molar-refractivity contribution is 14.0. The Kier molecular flexibility index (Phi) is 6.10. The van der Waals surface area contributed by atoms with Crippen LogP contribution in [0.15, 0.2) is 17.5 Å². The van der Waals surface area contributed by atoms with Crippen molar-refractivity contribution in [2.45, 2.75) is 6.54 Å². The van der Waals surface area contributed by atoms with Crippen molar-refractivity contribution in [3.05, 3.63) is 18.2 Å². The molecule has 0 aromatic carbocycles. The van der Waals surface area contributed by atoms with Crippen LogP contribution in [0, 0.1) is 0 Å². The molecule has 0 atom stereocenters. The number of aromatic nitrogens is 2. The smallest absolute Gasteiger partial charge is 0.191 e. The van der Waals surface area contributed by atoms with Crippen LogP contribution in [0.25, 0.3) is 0 Å². The third-order valence-corrected chi connectivity index (χ3v) is 3.60. The quantitative estimate of drug-likeness (QED) is 0.480. The minimum Gasteiger partial charge on any atom is -0.370 e. The Balaban J connectivity index is 0.00000144. The fraction of sp³-hybridized carbons (Fsp3) is 0.600. The average molecular weight is 367 g/mol. The van der Waals surface area contributed by atoms with Gasteiger partial charge in [-0.05, 0) is 0 Å². The molecule has 0 radical (unpaired) electrons. The number of thioether (sulfide) groups is 1. The van der Waals surface area contributed by atoms with E-state index in [2.05, 4.69) is 14.9 Å². The lowest BCUT2D eigenvalue weighted by Crippen LogP contribution is -2.42. The molecule has 0 amide bonds. The zero-order valence-electron chi connectivity index (χ0n) is 9.87. The van der Waals surface area contributed by atoms with Crippen LogP contribution < -0.4 is 5.73 Å². The molecule has 17 heavy (non-hydrogen) atoms. The first-order chi connectivity index (χ1) is 7.77. The maximum absolute atomic E-state index is 5.95. The van der Waals surface area contributed by atoms with E-state index >= 15 is 0 Å². The summed E-state index contributed by atoms with van der Waals surface area (Å²) >= 11 is 1.97. The summed E-state index contributed by atoms with van der Waals surface area (Å²) in [5.41, 5.74) is 7.03. The number of hydrogen-bond donors (Lipinski definition) is 1. The molecule has 7 heteroatoms. The maximum atomic E-state index is 5.95. The first-order valence-electron chi connectivity index (χ1n) is 5.35. The second-order valence-electron chi connectivity index (χ2n) is 3.77. The van der Waals surface area contributed by atoms with Gasteiger partial charge in [0.05, 0.1) is 24.8 Å². The normalized spacial score (nSPS) is 16.8. The van der Waals surface area contributed by atoms with Crippen molar-refractivity contribution in [1.29, 1.82) is 0 Å². The van der Waals surface area contributed by atoms with Crippen LogP contribution in [0.3, 0.4) is 0 Å². The Labute approximate surface area is 123 Å². The Bertz CT molecular complexity index is 373. The molecular formula is C10H18IN5S. The number of halogens is 1. The van der Waals surface area contributed by atoms with Crippen LogP contribution in [0.1, 0.15) is 5.69 Å². The molecule has 1 saturated heterocycles. The first-order valence-corrected chi connectivity index (χ1v) is 6.50. The Morgan fingerprint density at radius 2 is 2.24 bits per heavy atom. The zero-order chi connectivity index (χ0) is 11.4. The molecule has 0 unspecified atom stereocenters. The van der Waals surface area contributed by atoms with Gasteiger partial charge < -0.3 is 15.2 Å². The van der Waals surface area contributed by atoms with Gasteiger partial charge in [0, 0.05) is 31.6 Å². The van der Waals surface area contributed by atoms with Gasteiger partial charge in [0.2, 0.25) is 0 Å². The van der Waals surface area contributed by atoms with E-state index in [1.807, 2.05) is 29.6 Å². The topological polar surface area (TPSA) is 59.4 Å². The molecule has 2 rings (SSSR count). The van der Waals surface area contributed by atoms with E-state index in [-0.39, 0.29) is 24.0 Å². The fourth-order valence-electron chi connectivity index (χ4n) is 1.59. The number of aryl methyl sites for hydroxylation is 1. The van der Waals surface area contributed by atoms with Gasteiger partial charge >= 0.3 is 0 Å². The van der Waals surface area contributed by atoms with Gasteiger partial charge in [0.25, 0.3) is 0 Å². The van der Waals surface area contributed by atoms with Crippen LogP contribution in [-0.4, -0.2) is 45.0 Å². The lowest BCUT2D eigenvalue weighted by molar-refractivity contribution is 0.455. The number of aliphatic imine (C=N–C) groups is 1. The highest BCUT2D eigenvalue weighted by atomic mass is 127. The number of nitrogens with two attached hydrogens (primary N) is 1. The van der Waals surface area contributed by atoms with Gasteiger partial charge in [0.1, 0.15) is 0 Å². The van der Waals surface area contributed by atoms with Crippen LogP contribution in [0.5, 0.6) is 0 Å². The van der Waals surface area contributed by atoms with Crippen molar-refractivity contribution in [3.8, 4) is 0 Å². The van der Waals surface area contributed by atoms with Crippen molar-refractivity contribution < 1.29 is 0 Å². The summed E-state index contributed by atoms with van der Waals surface area (Å²) in [6.07, 6.45) is 3.60. The molecule has 96 valence electrons. The third kappa shape index (κ3) is 4.06. The first kappa shape index (κ1) is 14.6. The van der Waals surface area contributed by atoms with Crippen molar-refractivity contribution in [2.24, 2.45) is 17.8 Å². The predicted molar refractivity (Wildman–Crippen MR) is 82.8 cm³/mol. The molecule has 1 aliphatic rings. The summed E-state index contributed by atoms with van der Waals surface area (Å²) in [4.78, 5) is 10.6. The van der Waals surface area contributed by atoms with Gasteiger partial charge in [-0.1, -0.05) is 0 Å². The number of guanidine groups is 1. The number of rotatable bonds is 2. The number of hydrogen-bond acceptors (Lipinski definition) is 3. The van der Waals surface area contributed by atoms with E-state index in [0.717, 1.165) is 30.3 Å². The molecule has 1 aliphatic heterocycles. The van der Waals surface area contributed by atoms with Gasteiger partial charge in [-0.25, -0.2) is 9.98 Å². The highest BCUT2D eigenvalue weighted by Crippen LogP contribution is 2.09. The van der Waals surface area contributed by atoms with Gasteiger partial charge in [-0.3, -0.25) is 0 Å². The summed E-state index contributed by atoms with van der Waals surface area (Å²) in [5, 5.41) is 0. The Morgan fingerprint density at radius 1 is 1.53 bits per heavy atom. The molecule has 0 saturated carbocycles. The minimum absolute atomic E-state index is 0. The summed E-state index contributed by atoms with van der Waals surface area (Å²) in [6.45, 7) is 2.61. The second-order valence-corrected chi connectivity index (χ2v) is 4.99. The van der Waals surface area contributed by atoms with E-state index in [9.17, 15) is 0 Å². The lowest BCUT2D eigenvalue weighted by Gasteiger charge is -2.27. The van der Waals surface area contributed by atoms with Crippen molar-refractivity contribution in [3.63, 3.8) is 0 Å². The predicted octanol–water partition coefficient (Wildman–Crippen LogP) is 0.902. The van der Waals surface area contributed by atoms with Crippen LogP contribution in [0.4, 0.5) is 0 Å². The van der Waals surface area contributed by atoms with Crippen molar-refractivity contribution in [1.82, 2.24) is 14.5 Å². The summed E-state index contributed by atoms with van der Waals surface area (Å²) < 4.78 is 1.96. The summed E-state index contributed by atoms with van der Waals surface area (Å²) in [6, 6.07) is 0. The molecule has 1 aromatic heterocycles. The largest absolute Gasteiger partial charge is 0.370 e. The standard InChI is InChI=1S/C10H17N5S.HI/c1-14-8-12-6-9(14)7-13-10(11)15-2-4-16-5-3-15;/h6,8H,2-5,7H2,1H3,(H2,11,13);1H. The van der Waals surface area contributed by atoms with Crippen LogP contribution in [0.2, 0.25) is 0 Å². The van der Waals surface area contributed by atoms with E-state index in [0.29, 0.717) is 12.5 Å². The van der Waals surface area contributed by atoms with E-state index in [1.54, 1.807) is 6.33 Å². The van der Waals surface area contributed by atoms with E-state index in [1.165, 1.54) is 0 Å². The van der Waals surface area contributed by atoms with Crippen molar-refractivity contribution in [2.75, 3.05) is 24.6 Å². The number of nitrogens with zero attached hydrogens (tertiary/aromatic N) is 4. The zero-order valence-corrected chi connectivity index (χ0v) is 13.0. The Morgan fingerprint density at radius 3 is 2.82 bits per heavy atom. The molecular weight excluding hydrogens is 349 g/mol. The molecule has 1 fully saturated rings. The Hall–Kier alpha value is -0.440.